The highest BCUT2D eigenvalue weighted by atomic mass is 16.1. The van der Waals surface area contributed by atoms with Gasteiger partial charge in [0.1, 0.15) is 11.6 Å². The molecule has 0 saturated heterocycles. The van der Waals surface area contributed by atoms with E-state index in [-0.39, 0.29) is 5.56 Å². The van der Waals surface area contributed by atoms with Crippen LogP contribution in [0.1, 0.15) is 11.3 Å². The molecule has 0 aromatic carbocycles. The summed E-state index contributed by atoms with van der Waals surface area (Å²) in [4.78, 5) is 20.4. The quantitative estimate of drug-likeness (QED) is 0.920. The molecule has 0 saturated carbocycles. The monoisotopic (exact) mass is 266 g/mol. The van der Waals surface area contributed by atoms with Gasteiger partial charge in [0.25, 0.3) is 5.56 Å². The van der Waals surface area contributed by atoms with Gasteiger partial charge in [-0.3, -0.25) is 9.78 Å². The molecule has 2 heterocycles. The molecule has 0 spiro atoms. The second-order valence-corrected chi connectivity index (χ2v) is 4.47. The van der Waals surface area contributed by atoms with E-state index in [0.29, 0.717) is 5.69 Å². The van der Waals surface area contributed by atoms with Crippen LogP contribution in [0.2, 0.25) is 0 Å². The van der Waals surface area contributed by atoms with Crippen LogP contribution in [-0.2, 0) is 0 Å². The standard InChI is InChI=1S/C15H14N4O/c1-19(2)7-5-14-13(11-4-3-6-17-10-11)8-12(9-16)15(20)18-14/h3-8,10H,1-2H3,(H,18,20)/b7-5+. The minimum atomic E-state index is -0.390. The fourth-order valence-corrected chi connectivity index (χ4v) is 1.74. The predicted octanol–water partition coefficient (Wildman–Crippen LogP) is 1.84. The van der Waals surface area contributed by atoms with Crippen molar-refractivity contribution in [3.63, 3.8) is 0 Å². The second kappa shape index (κ2) is 5.85. The van der Waals surface area contributed by atoms with Crippen molar-refractivity contribution in [2.45, 2.75) is 0 Å². The zero-order valence-electron chi connectivity index (χ0n) is 11.3. The number of aromatic nitrogens is 2. The highest BCUT2D eigenvalue weighted by Gasteiger charge is 2.08. The van der Waals surface area contributed by atoms with Crippen LogP contribution in [-0.4, -0.2) is 29.0 Å². The molecule has 5 nitrogen and oxygen atoms in total. The first-order chi connectivity index (χ1) is 9.61. The number of nitrogens with zero attached hydrogens (tertiary/aromatic N) is 3. The molecule has 0 radical (unpaired) electrons. The number of pyridine rings is 2. The maximum atomic E-state index is 11.8. The van der Waals surface area contributed by atoms with Crippen LogP contribution in [0.25, 0.3) is 17.2 Å². The van der Waals surface area contributed by atoms with E-state index in [2.05, 4.69) is 9.97 Å². The Hall–Kier alpha value is -2.87. The highest BCUT2D eigenvalue weighted by molar-refractivity contribution is 5.73. The summed E-state index contributed by atoms with van der Waals surface area (Å²) in [6, 6.07) is 7.18. The molecule has 2 aromatic rings. The Morgan fingerprint density at radius 3 is 2.85 bits per heavy atom. The van der Waals surface area contributed by atoms with E-state index < -0.39 is 5.56 Å². The van der Waals surface area contributed by atoms with E-state index in [1.807, 2.05) is 43.4 Å². The van der Waals surface area contributed by atoms with Crippen LogP contribution in [0.4, 0.5) is 0 Å². The van der Waals surface area contributed by atoms with Gasteiger partial charge < -0.3 is 9.88 Å². The summed E-state index contributed by atoms with van der Waals surface area (Å²) < 4.78 is 0. The Balaban J connectivity index is 2.64. The lowest BCUT2D eigenvalue weighted by Gasteiger charge is -2.08. The smallest absolute Gasteiger partial charge is 0.266 e. The number of hydrogen-bond donors (Lipinski definition) is 1. The minimum Gasteiger partial charge on any atom is -0.383 e. The van der Waals surface area contributed by atoms with Crippen molar-refractivity contribution in [1.82, 2.24) is 14.9 Å². The lowest BCUT2D eigenvalue weighted by Crippen LogP contribution is -2.12. The number of nitrogens with one attached hydrogen (secondary N) is 1. The van der Waals surface area contributed by atoms with Gasteiger partial charge in [-0.25, -0.2) is 0 Å². The molecule has 0 bridgehead atoms. The molecule has 5 heteroatoms. The predicted molar refractivity (Wildman–Crippen MR) is 77.7 cm³/mol. The number of H-pyrrole nitrogens is 1. The largest absolute Gasteiger partial charge is 0.383 e. The van der Waals surface area contributed by atoms with Crippen LogP contribution >= 0.6 is 0 Å². The van der Waals surface area contributed by atoms with Gasteiger partial charge in [0.05, 0.1) is 5.69 Å². The van der Waals surface area contributed by atoms with Crippen molar-refractivity contribution in [3.8, 4) is 17.2 Å². The molecule has 1 N–H and O–H groups in total. The Morgan fingerprint density at radius 2 is 2.25 bits per heavy atom. The molecule has 0 atom stereocenters. The topological polar surface area (TPSA) is 72.8 Å². The third kappa shape index (κ3) is 2.93. The van der Waals surface area contributed by atoms with Gasteiger partial charge in [-0.15, -0.1) is 0 Å². The summed E-state index contributed by atoms with van der Waals surface area (Å²) in [5.41, 5.74) is 1.96. The fraction of sp³-hybridized carbons (Fsp3) is 0.133. The molecule has 20 heavy (non-hydrogen) atoms. The molecule has 0 amide bonds. The van der Waals surface area contributed by atoms with Crippen LogP contribution in [0.15, 0.2) is 41.6 Å². The van der Waals surface area contributed by atoms with Gasteiger partial charge >= 0.3 is 0 Å². The van der Waals surface area contributed by atoms with Crippen LogP contribution in [0.5, 0.6) is 0 Å². The zero-order valence-corrected chi connectivity index (χ0v) is 11.3. The molecule has 2 aromatic heterocycles. The van der Waals surface area contributed by atoms with Crippen LogP contribution in [0, 0.1) is 11.3 Å². The van der Waals surface area contributed by atoms with E-state index in [4.69, 9.17) is 5.26 Å². The van der Waals surface area contributed by atoms with E-state index in [9.17, 15) is 4.79 Å². The number of hydrogen-bond acceptors (Lipinski definition) is 4. The van der Waals surface area contributed by atoms with Crippen molar-refractivity contribution in [2.24, 2.45) is 0 Å². The van der Waals surface area contributed by atoms with E-state index >= 15 is 0 Å². The van der Waals surface area contributed by atoms with Crippen molar-refractivity contribution < 1.29 is 0 Å². The lowest BCUT2D eigenvalue weighted by atomic mass is 10.0. The van der Waals surface area contributed by atoms with Crippen molar-refractivity contribution in [2.75, 3.05) is 14.1 Å². The summed E-state index contributed by atoms with van der Waals surface area (Å²) in [5.74, 6) is 0. The molecule has 0 aliphatic heterocycles. The van der Waals surface area contributed by atoms with Crippen LogP contribution < -0.4 is 5.56 Å². The molecule has 100 valence electrons. The molecule has 2 rings (SSSR count). The second-order valence-electron chi connectivity index (χ2n) is 4.47. The summed E-state index contributed by atoms with van der Waals surface area (Å²) in [7, 11) is 3.78. The van der Waals surface area contributed by atoms with Gasteiger partial charge in [-0.2, -0.15) is 5.26 Å². The van der Waals surface area contributed by atoms with Gasteiger partial charge in [0, 0.05) is 43.8 Å². The van der Waals surface area contributed by atoms with E-state index in [0.717, 1.165) is 11.1 Å². The average molecular weight is 266 g/mol. The zero-order chi connectivity index (χ0) is 14.5. The highest BCUT2D eigenvalue weighted by Crippen LogP contribution is 2.22. The van der Waals surface area contributed by atoms with Gasteiger partial charge in [-0.1, -0.05) is 6.07 Å². The summed E-state index contributed by atoms with van der Waals surface area (Å²) in [6.07, 6.45) is 7.00. The normalized spacial score (nSPS) is 10.4. The van der Waals surface area contributed by atoms with Gasteiger partial charge in [0.2, 0.25) is 0 Å². The van der Waals surface area contributed by atoms with Crippen LogP contribution in [0.3, 0.4) is 0 Å². The first-order valence-corrected chi connectivity index (χ1v) is 6.04. The molecule has 0 aliphatic carbocycles. The first kappa shape index (κ1) is 13.6. The number of nitriles is 1. The Kier molecular flexibility index (Phi) is 3.96. The summed E-state index contributed by atoms with van der Waals surface area (Å²) in [5, 5.41) is 8.99. The molecule has 0 aliphatic rings. The Bertz CT molecular complexity index is 724. The Labute approximate surface area is 116 Å². The Morgan fingerprint density at radius 1 is 1.45 bits per heavy atom. The summed E-state index contributed by atoms with van der Waals surface area (Å²) in [6.45, 7) is 0. The maximum Gasteiger partial charge on any atom is 0.266 e. The lowest BCUT2D eigenvalue weighted by molar-refractivity contribution is 0.567. The maximum absolute atomic E-state index is 11.8. The fourth-order valence-electron chi connectivity index (χ4n) is 1.74. The molecular weight excluding hydrogens is 252 g/mol. The third-order valence-electron chi connectivity index (χ3n) is 2.70. The van der Waals surface area contributed by atoms with Gasteiger partial charge in [0.15, 0.2) is 0 Å². The molecule has 0 fully saturated rings. The first-order valence-electron chi connectivity index (χ1n) is 6.04. The number of rotatable bonds is 3. The molecule has 0 unspecified atom stereocenters. The van der Waals surface area contributed by atoms with Crippen molar-refractivity contribution in [1.29, 1.82) is 5.26 Å². The average Bonchev–Trinajstić information content (AvgIpc) is 2.46. The van der Waals surface area contributed by atoms with Crippen molar-refractivity contribution >= 4 is 6.08 Å². The number of aromatic amines is 1. The SMILES string of the molecule is CN(C)/C=C/c1[nH]c(=O)c(C#N)cc1-c1cccnc1. The summed E-state index contributed by atoms with van der Waals surface area (Å²) >= 11 is 0. The third-order valence-corrected chi connectivity index (χ3v) is 2.70. The molecular formula is C15H14N4O. The van der Waals surface area contributed by atoms with Crippen molar-refractivity contribution in [3.05, 3.63) is 58.4 Å². The van der Waals surface area contributed by atoms with E-state index in [1.54, 1.807) is 24.5 Å². The van der Waals surface area contributed by atoms with E-state index in [1.165, 1.54) is 0 Å². The minimum absolute atomic E-state index is 0.0888. The van der Waals surface area contributed by atoms with Gasteiger partial charge in [-0.05, 0) is 18.2 Å².